The molecular weight excluding hydrogens is 368 g/mol. The minimum atomic E-state index is -1.46. The second kappa shape index (κ2) is 7.82. The first-order valence-electron chi connectivity index (χ1n) is 7.53. The second-order valence-electron chi connectivity index (χ2n) is 6.48. The molecule has 0 spiro atoms. The van der Waals surface area contributed by atoms with Gasteiger partial charge >= 0.3 is 5.97 Å². The smallest absolute Gasteiger partial charge is 0.305 e. The highest BCUT2D eigenvalue weighted by Crippen LogP contribution is 2.35. The molecule has 2 atom stereocenters. The van der Waals surface area contributed by atoms with Crippen LogP contribution in [0.5, 0.6) is 0 Å². The normalized spacial score (nSPS) is 14.3. The fourth-order valence-corrected chi connectivity index (χ4v) is 4.04. The van der Waals surface area contributed by atoms with E-state index in [4.69, 9.17) is 5.11 Å². The first-order chi connectivity index (χ1) is 11.6. The van der Waals surface area contributed by atoms with Crippen molar-refractivity contribution in [2.75, 3.05) is 0 Å². The van der Waals surface area contributed by atoms with Crippen LogP contribution in [0.25, 0.3) is 10.4 Å². The topological polar surface area (TPSA) is 72.4 Å². The average molecular weight is 387 g/mol. The number of aliphatic carboxylic acids is 1. The van der Waals surface area contributed by atoms with Crippen molar-refractivity contribution in [1.29, 1.82) is 0 Å². The van der Waals surface area contributed by atoms with Gasteiger partial charge in [0.15, 0.2) is 0 Å². The Hall–Kier alpha value is -1.48. The molecule has 2 aromatic rings. The summed E-state index contributed by atoms with van der Waals surface area (Å²) in [5, 5.41) is 9.12. The summed E-state index contributed by atoms with van der Waals surface area (Å²) in [5.74, 6) is -2.38. The molecule has 0 aliphatic rings. The van der Waals surface area contributed by atoms with Crippen LogP contribution in [0.3, 0.4) is 0 Å². The van der Waals surface area contributed by atoms with Crippen LogP contribution in [0.4, 0.5) is 8.78 Å². The Kier molecular flexibility index (Phi) is 6.21. The van der Waals surface area contributed by atoms with Gasteiger partial charge in [-0.2, -0.15) is 0 Å². The van der Waals surface area contributed by atoms with E-state index in [9.17, 15) is 18.1 Å². The van der Waals surface area contributed by atoms with Crippen molar-refractivity contribution >= 4 is 28.7 Å². The van der Waals surface area contributed by atoms with Gasteiger partial charge in [-0.1, -0.05) is 0 Å². The zero-order valence-corrected chi connectivity index (χ0v) is 15.6. The third-order valence-electron chi connectivity index (χ3n) is 3.35. The van der Waals surface area contributed by atoms with E-state index in [1.807, 2.05) is 0 Å². The molecule has 25 heavy (non-hydrogen) atoms. The number of carbonyl (C=O) groups is 1. The molecule has 2 unspecified atom stereocenters. The van der Waals surface area contributed by atoms with Crippen molar-refractivity contribution in [3.8, 4) is 10.4 Å². The van der Waals surface area contributed by atoms with Crippen LogP contribution in [0.1, 0.15) is 38.1 Å². The molecule has 0 aliphatic heterocycles. The van der Waals surface area contributed by atoms with Gasteiger partial charge in [0.1, 0.15) is 16.4 Å². The lowest BCUT2D eigenvalue weighted by atomic mass is 10.1. The number of thiophene rings is 1. The number of carboxylic acid groups (broad SMARTS) is 1. The van der Waals surface area contributed by atoms with Crippen molar-refractivity contribution < 1.29 is 23.2 Å². The number of hydrogen-bond acceptors (Lipinski definition) is 4. The summed E-state index contributed by atoms with van der Waals surface area (Å²) >= 11 is -0.271. The molecular formula is C17H19F2NO3S2. The number of hydrogen-bond donors (Lipinski definition) is 2. The molecule has 8 heteroatoms. The zero-order chi connectivity index (χ0) is 18.8. The Labute approximate surface area is 152 Å². The molecule has 0 fully saturated rings. The van der Waals surface area contributed by atoms with Crippen LogP contribution >= 0.6 is 11.3 Å². The molecule has 0 bridgehead atoms. The van der Waals surface area contributed by atoms with Crippen molar-refractivity contribution in [3.63, 3.8) is 0 Å². The summed E-state index contributed by atoms with van der Waals surface area (Å²) in [6, 6.07) is 5.96. The van der Waals surface area contributed by atoms with Gasteiger partial charge in [0.2, 0.25) is 0 Å². The van der Waals surface area contributed by atoms with E-state index < -0.39 is 39.8 Å². The molecule has 1 aromatic heterocycles. The van der Waals surface area contributed by atoms with Gasteiger partial charge in [0.05, 0.1) is 12.5 Å². The van der Waals surface area contributed by atoms with E-state index in [0.717, 1.165) is 6.07 Å². The summed E-state index contributed by atoms with van der Waals surface area (Å²) in [7, 11) is 0. The summed E-state index contributed by atoms with van der Waals surface area (Å²) in [4.78, 5) is 12.3. The first kappa shape index (κ1) is 19.8. The quantitative estimate of drug-likeness (QED) is 0.727. The first-order valence-corrected chi connectivity index (χ1v) is 9.49. The largest absolute Gasteiger partial charge is 0.598 e. The molecule has 2 N–H and O–H groups in total. The van der Waals surface area contributed by atoms with Gasteiger partial charge in [-0.15, -0.1) is 16.1 Å². The van der Waals surface area contributed by atoms with Crippen molar-refractivity contribution in [1.82, 2.24) is 4.72 Å². The maximum Gasteiger partial charge on any atom is 0.305 e. The molecule has 1 aromatic carbocycles. The van der Waals surface area contributed by atoms with Crippen LogP contribution in [-0.2, 0) is 16.2 Å². The minimum absolute atomic E-state index is 0.240. The highest BCUT2D eigenvalue weighted by molar-refractivity contribution is 7.90. The molecule has 0 saturated carbocycles. The van der Waals surface area contributed by atoms with Gasteiger partial charge in [-0.3, -0.25) is 4.79 Å². The van der Waals surface area contributed by atoms with E-state index in [2.05, 4.69) is 4.72 Å². The Bertz CT molecular complexity index is 759. The lowest BCUT2D eigenvalue weighted by molar-refractivity contribution is -0.137. The monoisotopic (exact) mass is 387 g/mol. The van der Waals surface area contributed by atoms with Crippen LogP contribution in [0, 0.1) is 11.6 Å². The molecule has 2 rings (SSSR count). The summed E-state index contributed by atoms with van der Waals surface area (Å²) < 4.78 is 41.6. The number of benzene rings is 1. The van der Waals surface area contributed by atoms with E-state index >= 15 is 0 Å². The predicted octanol–water partition coefficient (Wildman–Crippen LogP) is 4.26. The maximum absolute atomic E-state index is 13.9. The molecule has 0 saturated heterocycles. The number of halogens is 2. The summed E-state index contributed by atoms with van der Waals surface area (Å²) in [6.45, 7) is 5.34. The van der Waals surface area contributed by atoms with Crippen molar-refractivity contribution in [2.45, 2.75) is 38.0 Å². The van der Waals surface area contributed by atoms with Crippen LogP contribution in [-0.4, -0.2) is 20.4 Å². The number of carboxylic acids is 1. The Morgan fingerprint density at radius 1 is 1.32 bits per heavy atom. The molecule has 136 valence electrons. The fraction of sp³-hybridized carbons (Fsp3) is 0.353. The van der Waals surface area contributed by atoms with Gasteiger partial charge in [-0.05, 0) is 45.0 Å². The second-order valence-corrected chi connectivity index (χ2v) is 9.59. The van der Waals surface area contributed by atoms with Crippen LogP contribution in [0.2, 0.25) is 0 Å². The van der Waals surface area contributed by atoms with E-state index in [0.29, 0.717) is 9.75 Å². The van der Waals surface area contributed by atoms with Crippen molar-refractivity contribution in [2.24, 2.45) is 0 Å². The third kappa shape index (κ3) is 5.24. The lowest BCUT2D eigenvalue weighted by Gasteiger charge is -2.27. The number of rotatable bonds is 6. The fourth-order valence-electron chi connectivity index (χ4n) is 2.06. The summed E-state index contributed by atoms with van der Waals surface area (Å²) in [5.41, 5.74) is 0.240. The standard InChI is InChI=1S/C17H19F2NO3S2/c1-17(2,3)25(23)20-13(9-16(21)22)15-7-6-14(24-15)11-5-4-10(18)8-12(11)19/h4-8,13,20H,9H2,1-3H3,(H,21,22). The van der Waals surface area contributed by atoms with Crippen molar-refractivity contribution in [3.05, 3.63) is 46.8 Å². The van der Waals surface area contributed by atoms with E-state index in [1.54, 1.807) is 32.9 Å². The Balaban J connectivity index is 2.29. The predicted molar refractivity (Wildman–Crippen MR) is 95.7 cm³/mol. The molecule has 4 nitrogen and oxygen atoms in total. The molecule has 1 heterocycles. The van der Waals surface area contributed by atoms with Gasteiger partial charge in [-0.25, -0.2) is 8.78 Å². The van der Waals surface area contributed by atoms with E-state index in [-0.39, 0.29) is 12.0 Å². The van der Waals surface area contributed by atoms with Gasteiger partial charge < -0.3 is 9.66 Å². The SMILES string of the molecule is CC(C)(C)[S+]([O-])NC(CC(=O)O)c1ccc(-c2ccc(F)cc2F)s1. The highest BCUT2D eigenvalue weighted by Gasteiger charge is 2.31. The van der Waals surface area contributed by atoms with Gasteiger partial charge in [0.25, 0.3) is 0 Å². The summed E-state index contributed by atoms with van der Waals surface area (Å²) in [6.07, 6.45) is -0.256. The molecule has 0 radical (unpaired) electrons. The maximum atomic E-state index is 13.9. The minimum Gasteiger partial charge on any atom is -0.598 e. The third-order valence-corrected chi connectivity index (χ3v) is 6.19. The molecule has 0 aliphatic carbocycles. The van der Waals surface area contributed by atoms with E-state index in [1.165, 1.54) is 23.5 Å². The van der Waals surface area contributed by atoms with Crippen LogP contribution < -0.4 is 4.72 Å². The lowest BCUT2D eigenvalue weighted by Crippen LogP contribution is -2.41. The Morgan fingerprint density at radius 2 is 2.00 bits per heavy atom. The number of nitrogens with one attached hydrogen (secondary N) is 1. The van der Waals surface area contributed by atoms with Gasteiger partial charge in [0, 0.05) is 32.7 Å². The van der Waals surface area contributed by atoms with Crippen LogP contribution in [0.15, 0.2) is 30.3 Å². The average Bonchev–Trinajstić information content (AvgIpc) is 2.94. The Morgan fingerprint density at radius 3 is 2.56 bits per heavy atom. The molecule has 0 amide bonds. The zero-order valence-electron chi connectivity index (χ0n) is 14.0. The highest BCUT2D eigenvalue weighted by atomic mass is 32.2.